The van der Waals surface area contributed by atoms with Gasteiger partial charge < -0.3 is 5.73 Å². The zero-order valence-electron chi connectivity index (χ0n) is 4.67. The molecule has 0 fully saturated rings. The fourth-order valence-corrected chi connectivity index (χ4v) is 2.02. The van der Waals surface area contributed by atoms with E-state index in [1.807, 2.05) is 10.1 Å². The summed E-state index contributed by atoms with van der Waals surface area (Å²) in [6.07, 6.45) is 3.62. The standard InChI is InChI=1S/C6H6INO/c8-6(9)5-2-1-3-7-4-5/h1-4H,(H2,8,9). The first-order valence-electron chi connectivity index (χ1n) is 2.42. The third kappa shape index (κ3) is 1.74. The number of amides is 1. The van der Waals surface area contributed by atoms with Gasteiger partial charge in [0.1, 0.15) is 0 Å². The molecule has 0 atom stereocenters. The van der Waals surface area contributed by atoms with Crippen molar-refractivity contribution in [3.63, 3.8) is 0 Å². The Kier molecular flexibility index (Phi) is 2.16. The van der Waals surface area contributed by atoms with E-state index < -0.39 is 0 Å². The molecule has 0 aromatic carbocycles. The summed E-state index contributed by atoms with van der Waals surface area (Å²) in [5.74, 6) is -0.320. The number of rotatable bonds is 1. The molecule has 0 saturated carbocycles. The van der Waals surface area contributed by atoms with Crippen LogP contribution in [-0.4, -0.2) is 9.92 Å². The number of primary amides is 1. The molecule has 1 heterocycles. The summed E-state index contributed by atoms with van der Waals surface area (Å²) in [7, 11) is 0. The predicted octanol–water partition coefficient (Wildman–Crippen LogP) is 0.698. The molecule has 1 rings (SSSR count). The molecule has 0 aliphatic carbocycles. The first kappa shape index (κ1) is 6.67. The van der Waals surface area contributed by atoms with Crippen LogP contribution >= 0.6 is 20.7 Å². The van der Waals surface area contributed by atoms with Crippen LogP contribution in [0.2, 0.25) is 0 Å². The predicted molar refractivity (Wildman–Crippen MR) is 46.5 cm³/mol. The highest BCUT2D eigenvalue weighted by atomic mass is 127. The Balaban J connectivity index is 2.84. The van der Waals surface area contributed by atoms with Gasteiger partial charge in [0, 0.05) is 5.57 Å². The summed E-state index contributed by atoms with van der Waals surface area (Å²) in [6.45, 7) is 0. The molecule has 0 spiro atoms. The van der Waals surface area contributed by atoms with E-state index in [9.17, 15) is 4.79 Å². The smallest absolute Gasteiger partial charge is 0.249 e. The van der Waals surface area contributed by atoms with Crippen molar-refractivity contribution in [2.45, 2.75) is 0 Å². The summed E-state index contributed by atoms with van der Waals surface area (Å²) in [4.78, 5) is 10.5. The van der Waals surface area contributed by atoms with Crippen LogP contribution in [0.5, 0.6) is 0 Å². The maximum Gasteiger partial charge on any atom is 0.249 e. The average Bonchev–Trinajstić information content (AvgIpc) is 1.90. The van der Waals surface area contributed by atoms with Crippen LogP contribution in [0.3, 0.4) is 0 Å². The zero-order chi connectivity index (χ0) is 6.69. The van der Waals surface area contributed by atoms with E-state index in [2.05, 4.69) is 4.08 Å². The number of nitrogens with two attached hydrogens (primary N) is 1. The fourth-order valence-electron chi connectivity index (χ4n) is 0.459. The first-order valence-corrected chi connectivity index (χ1v) is 4.91. The van der Waals surface area contributed by atoms with E-state index >= 15 is 0 Å². The number of allylic oxidation sites excluding steroid dienone is 2. The molecule has 2 N–H and O–H groups in total. The van der Waals surface area contributed by atoms with Crippen molar-refractivity contribution >= 4 is 30.6 Å². The molecular weight excluding hydrogens is 229 g/mol. The second-order valence-corrected chi connectivity index (χ2v) is 3.60. The number of hydrogen-bond donors (Lipinski definition) is 1. The highest BCUT2D eigenvalue weighted by Crippen LogP contribution is 2.07. The van der Waals surface area contributed by atoms with E-state index in [1.165, 1.54) is 0 Å². The van der Waals surface area contributed by atoms with Gasteiger partial charge >= 0.3 is 0 Å². The Hall–Kier alpha value is -0.450. The maximum atomic E-state index is 10.5. The van der Waals surface area contributed by atoms with Crippen LogP contribution in [0, 0.1) is 0 Å². The van der Waals surface area contributed by atoms with Gasteiger partial charge in [-0.1, -0.05) is 26.8 Å². The zero-order valence-corrected chi connectivity index (χ0v) is 6.83. The molecule has 0 unspecified atom stereocenters. The van der Waals surface area contributed by atoms with Crippen molar-refractivity contribution in [3.05, 3.63) is 21.8 Å². The Bertz CT molecular complexity index is 215. The quantitative estimate of drug-likeness (QED) is 0.668. The molecule has 3 heteroatoms. The molecule has 48 valence electrons. The second-order valence-electron chi connectivity index (χ2n) is 1.54. The SMILES string of the molecule is NC(=O)C1=CC=CI=C1. The molecule has 1 aliphatic heterocycles. The summed E-state index contributed by atoms with van der Waals surface area (Å²) < 4.78 is 3.99. The van der Waals surface area contributed by atoms with E-state index in [-0.39, 0.29) is 26.6 Å². The number of halogens is 1. The normalized spacial score (nSPS) is 16.2. The van der Waals surface area contributed by atoms with E-state index in [4.69, 9.17) is 5.73 Å². The van der Waals surface area contributed by atoms with E-state index in [1.54, 1.807) is 6.08 Å². The topological polar surface area (TPSA) is 43.1 Å². The van der Waals surface area contributed by atoms with Gasteiger partial charge in [-0.15, -0.1) is 0 Å². The van der Waals surface area contributed by atoms with Gasteiger partial charge in [0.25, 0.3) is 0 Å². The van der Waals surface area contributed by atoms with Crippen molar-refractivity contribution in [3.8, 4) is 0 Å². The molecular formula is C6H6INO. The third-order valence-electron chi connectivity index (χ3n) is 0.886. The van der Waals surface area contributed by atoms with Gasteiger partial charge in [0.05, 0.1) is 0 Å². The first-order chi connectivity index (χ1) is 4.30. The average molecular weight is 235 g/mol. The second kappa shape index (κ2) is 2.91. The molecule has 0 aromatic heterocycles. The summed E-state index contributed by atoms with van der Waals surface area (Å²) in [5.41, 5.74) is 5.67. The van der Waals surface area contributed by atoms with Crippen LogP contribution in [0.15, 0.2) is 21.8 Å². The third-order valence-corrected chi connectivity index (χ3v) is 2.75. The fraction of sp³-hybridized carbons (Fsp3) is 0. The molecule has 1 amide bonds. The van der Waals surface area contributed by atoms with Crippen LogP contribution in [0.1, 0.15) is 0 Å². The Labute approximate surface area is 63.2 Å². The molecule has 2 nitrogen and oxygen atoms in total. The van der Waals surface area contributed by atoms with Crippen molar-refractivity contribution in [1.29, 1.82) is 0 Å². The Morgan fingerprint density at radius 1 is 1.67 bits per heavy atom. The lowest BCUT2D eigenvalue weighted by Gasteiger charge is -1.93. The molecule has 9 heavy (non-hydrogen) atoms. The minimum atomic E-state index is -0.320. The number of carbonyl (C=O) groups excluding carboxylic acids is 1. The van der Waals surface area contributed by atoms with Crippen LogP contribution < -0.4 is 5.73 Å². The monoisotopic (exact) mass is 235 g/mol. The highest BCUT2D eigenvalue weighted by Gasteiger charge is 1.98. The summed E-state index contributed by atoms with van der Waals surface area (Å²) in [6, 6.07) is 0. The van der Waals surface area contributed by atoms with E-state index in [0.29, 0.717) is 5.57 Å². The molecule has 0 bridgehead atoms. The minimum absolute atomic E-state index is 0.0337. The number of hydrogen-bond acceptors (Lipinski definition) is 1. The Morgan fingerprint density at radius 3 is 2.78 bits per heavy atom. The molecule has 0 aromatic rings. The number of carbonyl (C=O) groups is 1. The largest absolute Gasteiger partial charge is 0.366 e. The van der Waals surface area contributed by atoms with Crippen molar-refractivity contribution in [2.75, 3.05) is 0 Å². The van der Waals surface area contributed by atoms with Gasteiger partial charge in [-0.25, -0.2) is 0 Å². The lowest BCUT2D eigenvalue weighted by atomic mass is 10.3. The van der Waals surface area contributed by atoms with Crippen LogP contribution in [-0.2, 0) is 4.79 Å². The van der Waals surface area contributed by atoms with E-state index in [0.717, 1.165) is 0 Å². The molecule has 0 saturated heterocycles. The summed E-state index contributed by atoms with van der Waals surface area (Å²) in [5, 5.41) is 0. The van der Waals surface area contributed by atoms with Gasteiger partial charge in [-0.05, 0) is 14.2 Å². The van der Waals surface area contributed by atoms with Gasteiger partial charge in [-0.3, -0.25) is 4.79 Å². The lowest BCUT2D eigenvalue weighted by molar-refractivity contribution is -0.114. The van der Waals surface area contributed by atoms with Gasteiger partial charge in [0.15, 0.2) is 0 Å². The Morgan fingerprint density at radius 2 is 2.44 bits per heavy atom. The van der Waals surface area contributed by atoms with Gasteiger partial charge in [-0.2, -0.15) is 0 Å². The molecule has 1 aliphatic rings. The lowest BCUT2D eigenvalue weighted by Crippen LogP contribution is -2.14. The van der Waals surface area contributed by atoms with Crippen molar-refractivity contribution in [2.24, 2.45) is 5.73 Å². The minimum Gasteiger partial charge on any atom is -0.366 e. The summed E-state index contributed by atoms with van der Waals surface area (Å²) >= 11 is -0.0337. The maximum absolute atomic E-state index is 10.5. The van der Waals surface area contributed by atoms with Crippen LogP contribution in [0.4, 0.5) is 0 Å². The van der Waals surface area contributed by atoms with Crippen molar-refractivity contribution in [1.82, 2.24) is 0 Å². The highest BCUT2D eigenvalue weighted by molar-refractivity contribution is 14.2. The molecule has 0 radical (unpaired) electrons. The van der Waals surface area contributed by atoms with Crippen LogP contribution in [0.25, 0.3) is 0 Å². The van der Waals surface area contributed by atoms with Gasteiger partial charge in [0.2, 0.25) is 5.91 Å². The van der Waals surface area contributed by atoms with Crippen molar-refractivity contribution < 1.29 is 4.79 Å².